The van der Waals surface area contributed by atoms with Crippen LogP contribution in [0.1, 0.15) is 18.9 Å². The van der Waals surface area contributed by atoms with Gasteiger partial charge in [-0.3, -0.25) is 0 Å². The van der Waals surface area contributed by atoms with Gasteiger partial charge >= 0.3 is 0 Å². The van der Waals surface area contributed by atoms with Gasteiger partial charge in [0.1, 0.15) is 0 Å². The Morgan fingerprint density at radius 1 is 0.923 bits per heavy atom. The molecule has 0 aromatic heterocycles. The third-order valence-corrected chi connectivity index (χ3v) is 2.40. The van der Waals surface area contributed by atoms with Gasteiger partial charge in [0.2, 0.25) is 0 Å². The second kappa shape index (κ2) is 3.61. The summed E-state index contributed by atoms with van der Waals surface area (Å²) >= 11 is 0. The Bertz CT molecular complexity index is 363. The highest BCUT2D eigenvalue weighted by Crippen LogP contribution is 2.27. The molecule has 0 unspecified atom stereocenters. The second-order valence-electron chi connectivity index (χ2n) is 3.39. The third-order valence-electron chi connectivity index (χ3n) is 2.40. The minimum atomic E-state index is 1.19. The van der Waals surface area contributed by atoms with E-state index in [1.165, 1.54) is 29.5 Å². The first-order chi connectivity index (χ1) is 6.42. The predicted molar refractivity (Wildman–Crippen MR) is 57.1 cm³/mol. The molecule has 0 amide bonds. The molecule has 0 heteroatoms. The lowest BCUT2D eigenvalue weighted by Crippen LogP contribution is -1.80. The van der Waals surface area contributed by atoms with Crippen LogP contribution in [0.4, 0.5) is 0 Å². The van der Waals surface area contributed by atoms with Crippen LogP contribution in [0.3, 0.4) is 0 Å². The van der Waals surface area contributed by atoms with Crippen molar-refractivity contribution in [1.29, 1.82) is 0 Å². The van der Waals surface area contributed by atoms with Gasteiger partial charge in [0.25, 0.3) is 0 Å². The fraction of sp³-hybridized carbons (Fsp3) is 0.231. The fourth-order valence-electron chi connectivity index (χ4n) is 1.77. The lowest BCUT2D eigenvalue weighted by atomic mass is 10.1. The quantitative estimate of drug-likeness (QED) is 0.644. The smallest absolute Gasteiger partial charge is 0.0152 e. The number of fused-ring (bicyclic) bond motifs is 1. The van der Waals surface area contributed by atoms with Crippen molar-refractivity contribution in [3.05, 3.63) is 48.0 Å². The lowest BCUT2D eigenvalue weighted by Gasteiger charge is -1.98. The van der Waals surface area contributed by atoms with Crippen molar-refractivity contribution in [3.63, 3.8) is 0 Å². The molecular formula is C13H14. The number of rotatable bonds is 2. The van der Waals surface area contributed by atoms with Gasteiger partial charge in [-0.15, -0.1) is 0 Å². The molecule has 0 fully saturated rings. The first-order valence-corrected chi connectivity index (χ1v) is 4.88. The van der Waals surface area contributed by atoms with Crippen LogP contribution in [0.15, 0.2) is 42.5 Å². The van der Waals surface area contributed by atoms with E-state index in [0.29, 0.717) is 0 Å². The van der Waals surface area contributed by atoms with Gasteiger partial charge in [-0.25, -0.2) is 0 Å². The number of hydrogen-bond donors (Lipinski definition) is 0. The maximum atomic E-state index is 2.24. The zero-order chi connectivity index (χ0) is 9.10. The standard InChI is InChI=1S/C13H14/c1-2-6-11-9-10-12-7-4-3-5-8-13(11)12/h3-5,7-10H,2,6H2,1H3. The molecule has 0 heterocycles. The van der Waals surface area contributed by atoms with Gasteiger partial charge in [0, 0.05) is 0 Å². The van der Waals surface area contributed by atoms with Crippen LogP contribution in [0.2, 0.25) is 0 Å². The molecular weight excluding hydrogens is 156 g/mol. The minimum Gasteiger partial charge on any atom is -0.0651 e. The molecule has 0 spiro atoms. The van der Waals surface area contributed by atoms with Crippen molar-refractivity contribution < 1.29 is 0 Å². The molecule has 13 heavy (non-hydrogen) atoms. The van der Waals surface area contributed by atoms with Gasteiger partial charge in [-0.2, -0.15) is 0 Å². The van der Waals surface area contributed by atoms with Crippen molar-refractivity contribution in [2.45, 2.75) is 19.8 Å². The van der Waals surface area contributed by atoms with Crippen LogP contribution in [0.5, 0.6) is 0 Å². The fourth-order valence-corrected chi connectivity index (χ4v) is 1.77. The number of aryl methyl sites for hydroxylation is 1. The minimum absolute atomic E-state index is 1.19. The van der Waals surface area contributed by atoms with Gasteiger partial charge in [0.05, 0.1) is 0 Å². The molecule has 0 nitrogen and oxygen atoms in total. The van der Waals surface area contributed by atoms with Crippen molar-refractivity contribution in [2.24, 2.45) is 0 Å². The Morgan fingerprint density at radius 2 is 1.77 bits per heavy atom. The molecule has 0 N–H and O–H groups in total. The molecule has 0 radical (unpaired) electrons. The van der Waals surface area contributed by atoms with Gasteiger partial charge in [-0.05, 0) is 23.1 Å². The summed E-state index contributed by atoms with van der Waals surface area (Å²) in [5.41, 5.74) is 4.24. The normalized spacial score (nSPS) is 10.5. The largest absolute Gasteiger partial charge is 0.0651 e. The zero-order valence-electron chi connectivity index (χ0n) is 7.96. The first kappa shape index (κ1) is 8.31. The van der Waals surface area contributed by atoms with Crippen molar-refractivity contribution in [2.75, 3.05) is 0 Å². The number of hydrogen-bond acceptors (Lipinski definition) is 0. The third kappa shape index (κ3) is 1.57. The highest BCUT2D eigenvalue weighted by atomic mass is 14.1. The second-order valence-corrected chi connectivity index (χ2v) is 3.39. The summed E-state index contributed by atoms with van der Waals surface area (Å²) in [7, 11) is 0. The molecule has 0 bridgehead atoms. The summed E-state index contributed by atoms with van der Waals surface area (Å²) in [6, 6.07) is 15.1. The SMILES string of the molecule is CCCc1ccc2cccccc1-2. The Morgan fingerprint density at radius 3 is 2.62 bits per heavy atom. The molecule has 0 saturated carbocycles. The van der Waals surface area contributed by atoms with Crippen LogP contribution in [0, 0.1) is 0 Å². The topological polar surface area (TPSA) is 0 Å². The molecule has 0 aromatic carbocycles. The Hall–Kier alpha value is -1.30. The van der Waals surface area contributed by atoms with Crippen LogP contribution in [0.25, 0.3) is 11.1 Å². The van der Waals surface area contributed by atoms with Gasteiger partial charge in [-0.1, -0.05) is 55.8 Å². The summed E-state index contributed by atoms with van der Waals surface area (Å²) in [4.78, 5) is 0. The van der Waals surface area contributed by atoms with Crippen LogP contribution in [-0.2, 0) is 6.42 Å². The van der Waals surface area contributed by atoms with Crippen LogP contribution < -0.4 is 0 Å². The molecule has 0 aliphatic heterocycles. The van der Waals surface area contributed by atoms with E-state index in [1.807, 2.05) is 0 Å². The monoisotopic (exact) mass is 170 g/mol. The van der Waals surface area contributed by atoms with E-state index in [2.05, 4.69) is 49.4 Å². The molecule has 2 aliphatic rings. The summed E-state index contributed by atoms with van der Waals surface area (Å²) in [6.07, 6.45) is 2.41. The Balaban J connectivity index is 2.49. The van der Waals surface area contributed by atoms with Crippen molar-refractivity contribution >= 4 is 0 Å². The highest BCUT2D eigenvalue weighted by Gasteiger charge is 2.05. The Labute approximate surface area is 79.6 Å². The lowest BCUT2D eigenvalue weighted by molar-refractivity contribution is 0.927. The van der Waals surface area contributed by atoms with E-state index < -0.39 is 0 Å². The summed E-state index contributed by atoms with van der Waals surface area (Å²) in [5, 5.41) is 0. The van der Waals surface area contributed by atoms with Gasteiger partial charge < -0.3 is 0 Å². The van der Waals surface area contributed by atoms with E-state index in [0.717, 1.165) is 0 Å². The molecule has 2 aliphatic carbocycles. The zero-order valence-corrected chi connectivity index (χ0v) is 7.96. The summed E-state index contributed by atoms with van der Waals surface area (Å²) < 4.78 is 0. The van der Waals surface area contributed by atoms with Gasteiger partial charge in [0.15, 0.2) is 0 Å². The highest BCUT2D eigenvalue weighted by molar-refractivity contribution is 5.70. The molecule has 0 saturated heterocycles. The average Bonchev–Trinajstić information content (AvgIpc) is 2.38. The first-order valence-electron chi connectivity index (χ1n) is 4.88. The maximum absolute atomic E-state index is 2.24. The van der Waals surface area contributed by atoms with E-state index in [4.69, 9.17) is 0 Å². The van der Waals surface area contributed by atoms with Crippen molar-refractivity contribution in [1.82, 2.24) is 0 Å². The molecule has 2 rings (SSSR count). The van der Waals surface area contributed by atoms with E-state index in [1.54, 1.807) is 0 Å². The molecule has 0 aromatic rings. The summed E-state index contributed by atoms with van der Waals surface area (Å²) in [5.74, 6) is 0. The average molecular weight is 170 g/mol. The van der Waals surface area contributed by atoms with E-state index >= 15 is 0 Å². The Kier molecular flexibility index (Phi) is 2.31. The van der Waals surface area contributed by atoms with Crippen LogP contribution in [-0.4, -0.2) is 0 Å². The van der Waals surface area contributed by atoms with E-state index in [-0.39, 0.29) is 0 Å². The van der Waals surface area contributed by atoms with Crippen LogP contribution >= 0.6 is 0 Å². The summed E-state index contributed by atoms with van der Waals surface area (Å²) in [6.45, 7) is 2.22. The maximum Gasteiger partial charge on any atom is -0.0152 e. The molecule has 66 valence electrons. The predicted octanol–water partition coefficient (Wildman–Crippen LogP) is 3.74. The van der Waals surface area contributed by atoms with E-state index in [9.17, 15) is 0 Å². The molecule has 0 atom stereocenters. The van der Waals surface area contributed by atoms with Crippen molar-refractivity contribution in [3.8, 4) is 11.1 Å².